The topological polar surface area (TPSA) is 91.8 Å². The van der Waals surface area contributed by atoms with Crippen LogP contribution in [0.4, 0.5) is 0 Å². The molecule has 23 heavy (non-hydrogen) atoms. The number of amides is 1. The fraction of sp³-hybridized carbons (Fsp3) is 0.500. The molecule has 0 aromatic heterocycles. The second-order valence-electron chi connectivity index (χ2n) is 5.81. The van der Waals surface area contributed by atoms with Crippen LogP contribution in [0.2, 0.25) is 0 Å². The normalized spacial score (nSPS) is 17.7. The lowest BCUT2D eigenvalue weighted by Gasteiger charge is -2.39. The molecule has 2 rings (SSSR count). The summed E-state index contributed by atoms with van der Waals surface area (Å²) in [6.45, 7) is 2.00. The molecule has 0 atom stereocenters. The van der Waals surface area contributed by atoms with Gasteiger partial charge in [-0.1, -0.05) is 37.3 Å². The van der Waals surface area contributed by atoms with Crippen LogP contribution in [0, 0.1) is 0 Å². The third-order valence-corrected chi connectivity index (χ3v) is 6.06. The first-order valence-corrected chi connectivity index (χ1v) is 9.40. The van der Waals surface area contributed by atoms with E-state index < -0.39 is 32.9 Å². The van der Waals surface area contributed by atoms with E-state index in [1.54, 1.807) is 24.3 Å². The van der Waals surface area contributed by atoms with Crippen molar-refractivity contribution in [1.29, 1.82) is 0 Å². The minimum Gasteiger partial charge on any atom is -0.481 e. The Hall–Kier alpha value is -1.89. The molecular formula is C16H21NO5S. The van der Waals surface area contributed by atoms with Crippen molar-refractivity contribution >= 4 is 21.7 Å². The Bertz CT molecular complexity index is 676. The molecular weight excluding hydrogens is 318 g/mol. The lowest BCUT2D eigenvalue weighted by atomic mass is 9.73. The van der Waals surface area contributed by atoms with Gasteiger partial charge in [-0.3, -0.25) is 9.59 Å². The van der Waals surface area contributed by atoms with Crippen molar-refractivity contribution in [2.24, 2.45) is 0 Å². The number of aliphatic carboxylic acids is 1. The molecule has 1 aliphatic rings. The molecule has 0 bridgehead atoms. The smallest absolute Gasteiger partial charge is 0.314 e. The molecule has 1 amide bonds. The van der Waals surface area contributed by atoms with E-state index in [-0.39, 0.29) is 31.7 Å². The Morgan fingerprint density at radius 2 is 1.74 bits per heavy atom. The summed E-state index contributed by atoms with van der Waals surface area (Å²) in [6.07, 6.45) is 0.564. The van der Waals surface area contributed by atoms with Crippen molar-refractivity contribution < 1.29 is 23.1 Å². The van der Waals surface area contributed by atoms with Crippen molar-refractivity contribution in [1.82, 2.24) is 4.90 Å². The number of hydrogen-bond acceptors (Lipinski definition) is 4. The number of carbonyl (C=O) groups is 2. The molecule has 1 aliphatic heterocycles. The molecule has 0 radical (unpaired) electrons. The van der Waals surface area contributed by atoms with Crippen LogP contribution >= 0.6 is 0 Å². The molecule has 0 spiro atoms. The summed E-state index contributed by atoms with van der Waals surface area (Å²) >= 11 is 0. The maximum absolute atomic E-state index is 12.1. The van der Waals surface area contributed by atoms with E-state index in [2.05, 4.69) is 0 Å². The van der Waals surface area contributed by atoms with Gasteiger partial charge in [0.2, 0.25) is 5.91 Å². The van der Waals surface area contributed by atoms with E-state index in [9.17, 15) is 23.1 Å². The summed E-state index contributed by atoms with van der Waals surface area (Å²) in [7, 11) is -3.37. The molecule has 0 aliphatic carbocycles. The average Bonchev–Trinajstić information content (AvgIpc) is 2.55. The van der Waals surface area contributed by atoms with E-state index in [0.29, 0.717) is 0 Å². The van der Waals surface area contributed by atoms with Crippen molar-refractivity contribution in [3.05, 3.63) is 35.9 Å². The van der Waals surface area contributed by atoms with Crippen LogP contribution in [0.1, 0.15) is 25.3 Å². The summed E-state index contributed by atoms with van der Waals surface area (Å²) < 4.78 is 23.1. The monoisotopic (exact) mass is 339 g/mol. The van der Waals surface area contributed by atoms with Gasteiger partial charge in [0.25, 0.3) is 0 Å². The number of piperidine rings is 1. The van der Waals surface area contributed by atoms with Gasteiger partial charge in [0.15, 0.2) is 9.84 Å². The summed E-state index contributed by atoms with van der Waals surface area (Å²) in [6, 6.07) is 8.99. The average molecular weight is 339 g/mol. The Labute approximate surface area is 136 Å². The minimum absolute atomic E-state index is 0.0738. The van der Waals surface area contributed by atoms with E-state index in [0.717, 1.165) is 5.56 Å². The summed E-state index contributed by atoms with van der Waals surface area (Å²) in [4.78, 5) is 25.4. The van der Waals surface area contributed by atoms with Gasteiger partial charge in [0, 0.05) is 18.8 Å². The van der Waals surface area contributed by atoms with Gasteiger partial charge in [0.05, 0.1) is 5.41 Å². The number of hydrogen-bond donors (Lipinski definition) is 1. The van der Waals surface area contributed by atoms with Gasteiger partial charge in [-0.25, -0.2) is 8.42 Å². The maximum Gasteiger partial charge on any atom is 0.314 e. The standard InChI is InChI=1S/C16H21NO5S/c1-2-23(21,22)12-14(18)17-10-8-16(9-11-17,15(19)20)13-6-4-3-5-7-13/h3-7H,2,8-12H2,1H3,(H,19,20). The molecule has 0 saturated carbocycles. The number of carboxylic acids is 1. The minimum atomic E-state index is -3.37. The molecule has 1 heterocycles. The third-order valence-electron chi connectivity index (χ3n) is 4.49. The van der Waals surface area contributed by atoms with Crippen molar-refractivity contribution in [2.45, 2.75) is 25.2 Å². The van der Waals surface area contributed by atoms with Crippen LogP contribution in [-0.2, 0) is 24.8 Å². The number of benzene rings is 1. The Balaban J connectivity index is 2.12. The van der Waals surface area contributed by atoms with Crippen LogP contribution < -0.4 is 0 Å². The number of carbonyl (C=O) groups excluding carboxylic acids is 1. The van der Waals surface area contributed by atoms with Gasteiger partial charge in [-0.05, 0) is 18.4 Å². The zero-order valence-corrected chi connectivity index (χ0v) is 13.9. The number of likely N-dealkylation sites (tertiary alicyclic amines) is 1. The van der Waals surface area contributed by atoms with Crippen molar-refractivity contribution in [3.8, 4) is 0 Å². The van der Waals surface area contributed by atoms with Crippen LogP contribution in [0.15, 0.2) is 30.3 Å². The largest absolute Gasteiger partial charge is 0.481 e. The fourth-order valence-electron chi connectivity index (χ4n) is 2.90. The number of rotatable bonds is 5. The third kappa shape index (κ3) is 3.72. The predicted molar refractivity (Wildman–Crippen MR) is 85.9 cm³/mol. The van der Waals surface area contributed by atoms with E-state index in [4.69, 9.17) is 0 Å². The highest BCUT2D eigenvalue weighted by atomic mass is 32.2. The zero-order valence-electron chi connectivity index (χ0n) is 13.1. The molecule has 1 N–H and O–H groups in total. The molecule has 1 aromatic carbocycles. The Morgan fingerprint density at radius 1 is 1.17 bits per heavy atom. The molecule has 7 heteroatoms. The Morgan fingerprint density at radius 3 is 2.22 bits per heavy atom. The molecule has 6 nitrogen and oxygen atoms in total. The summed E-state index contributed by atoms with van der Waals surface area (Å²) in [5.41, 5.74) is -0.289. The highest BCUT2D eigenvalue weighted by Crippen LogP contribution is 2.35. The fourth-order valence-corrected chi connectivity index (χ4v) is 3.67. The first-order chi connectivity index (χ1) is 10.8. The summed E-state index contributed by atoms with van der Waals surface area (Å²) in [5, 5.41) is 9.69. The van der Waals surface area contributed by atoms with Gasteiger partial charge in [0.1, 0.15) is 5.75 Å². The highest BCUT2D eigenvalue weighted by molar-refractivity contribution is 7.92. The van der Waals surface area contributed by atoms with Crippen LogP contribution in [0.25, 0.3) is 0 Å². The van der Waals surface area contributed by atoms with E-state index in [1.807, 2.05) is 6.07 Å². The SMILES string of the molecule is CCS(=O)(=O)CC(=O)N1CCC(C(=O)O)(c2ccccc2)CC1. The number of carboxylic acid groups (broad SMARTS) is 1. The molecule has 126 valence electrons. The van der Waals surface area contributed by atoms with Crippen molar-refractivity contribution in [3.63, 3.8) is 0 Å². The van der Waals surface area contributed by atoms with E-state index in [1.165, 1.54) is 11.8 Å². The lowest BCUT2D eigenvalue weighted by molar-refractivity contribution is -0.148. The van der Waals surface area contributed by atoms with E-state index >= 15 is 0 Å². The summed E-state index contributed by atoms with van der Waals surface area (Å²) in [5.74, 6) is -1.93. The zero-order chi connectivity index (χ0) is 17.1. The Kier molecular flexibility index (Phi) is 5.09. The van der Waals surface area contributed by atoms with Gasteiger partial charge in [-0.15, -0.1) is 0 Å². The molecule has 1 saturated heterocycles. The van der Waals surface area contributed by atoms with Gasteiger partial charge in [-0.2, -0.15) is 0 Å². The quantitative estimate of drug-likeness (QED) is 0.866. The second-order valence-corrected chi connectivity index (χ2v) is 8.16. The second kappa shape index (κ2) is 6.70. The van der Waals surface area contributed by atoms with Gasteiger partial charge >= 0.3 is 5.97 Å². The molecule has 0 unspecified atom stereocenters. The molecule has 1 fully saturated rings. The number of nitrogens with zero attached hydrogens (tertiary/aromatic N) is 1. The number of sulfone groups is 1. The molecule has 1 aromatic rings. The lowest BCUT2D eigenvalue weighted by Crippen LogP contribution is -2.50. The van der Waals surface area contributed by atoms with Crippen LogP contribution in [-0.4, -0.2) is 54.9 Å². The first kappa shape index (κ1) is 17.5. The van der Waals surface area contributed by atoms with Gasteiger partial charge < -0.3 is 10.0 Å². The van der Waals surface area contributed by atoms with Crippen LogP contribution in [0.5, 0.6) is 0 Å². The first-order valence-electron chi connectivity index (χ1n) is 7.58. The predicted octanol–water partition coefficient (Wildman–Crippen LogP) is 1.07. The highest BCUT2D eigenvalue weighted by Gasteiger charge is 2.44. The van der Waals surface area contributed by atoms with Crippen LogP contribution in [0.3, 0.4) is 0 Å². The van der Waals surface area contributed by atoms with Crippen molar-refractivity contribution in [2.75, 3.05) is 24.6 Å². The maximum atomic E-state index is 12.1.